The van der Waals surface area contributed by atoms with Crippen molar-refractivity contribution in [1.82, 2.24) is 9.80 Å². The van der Waals surface area contributed by atoms with E-state index in [2.05, 4.69) is 6.92 Å². The Morgan fingerprint density at radius 2 is 1.46 bits per heavy atom. The number of amides is 1. The molecule has 1 saturated heterocycles. The number of aliphatic hydroxyl groups excluding tert-OH is 3. The Morgan fingerprint density at radius 1 is 0.917 bits per heavy atom. The van der Waals surface area contributed by atoms with Gasteiger partial charge in [-0.05, 0) is 12.8 Å². The van der Waals surface area contributed by atoms with Crippen molar-refractivity contribution >= 4 is 5.91 Å². The number of unbranched alkanes of at least 4 members (excludes halogenated alkanes) is 5. The maximum absolute atomic E-state index is 11.3. The van der Waals surface area contributed by atoms with Gasteiger partial charge in [0.05, 0.1) is 19.8 Å². The molecule has 1 aliphatic rings. The van der Waals surface area contributed by atoms with Crippen LogP contribution in [0.2, 0.25) is 0 Å². The highest BCUT2D eigenvalue weighted by Gasteiger charge is 2.18. The fourth-order valence-electron chi connectivity index (χ4n) is 2.78. The average molecular weight is 347 g/mol. The lowest BCUT2D eigenvalue weighted by Gasteiger charge is -2.17. The van der Waals surface area contributed by atoms with E-state index in [1.54, 1.807) is 4.90 Å². The lowest BCUT2D eigenvalue weighted by Crippen LogP contribution is -2.32. The minimum Gasteiger partial charge on any atom is -0.395 e. The van der Waals surface area contributed by atoms with Crippen LogP contribution >= 0.6 is 0 Å². The summed E-state index contributed by atoms with van der Waals surface area (Å²) < 4.78 is 0. The highest BCUT2D eigenvalue weighted by molar-refractivity contribution is 5.77. The minimum atomic E-state index is 0.0694. The van der Waals surface area contributed by atoms with E-state index in [1.165, 1.54) is 38.5 Å². The molecule has 24 heavy (non-hydrogen) atoms. The van der Waals surface area contributed by atoms with Crippen molar-refractivity contribution in [2.75, 3.05) is 52.5 Å². The first kappa shape index (κ1) is 23.3. The molecule has 0 saturated carbocycles. The Kier molecular flexibility index (Phi) is 16.7. The third kappa shape index (κ3) is 12.7. The van der Waals surface area contributed by atoms with Gasteiger partial charge in [-0.1, -0.05) is 39.0 Å². The first-order valence-electron chi connectivity index (χ1n) is 9.52. The molecule has 0 unspecified atom stereocenters. The van der Waals surface area contributed by atoms with Crippen molar-refractivity contribution in [1.29, 1.82) is 0 Å². The predicted octanol–water partition coefficient (Wildman–Crippen LogP) is 1.23. The van der Waals surface area contributed by atoms with Crippen LogP contribution in [0.4, 0.5) is 0 Å². The van der Waals surface area contributed by atoms with Gasteiger partial charge in [0.15, 0.2) is 0 Å². The van der Waals surface area contributed by atoms with Crippen LogP contribution in [0, 0.1) is 0 Å². The quantitative estimate of drug-likeness (QED) is 0.437. The van der Waals surface area contributed by atoms with Gasteiger partial charge in [-0.15, -0.1) is 0 Å². The molecule has 0 aliphatic carbocycles. The summed E-state index contributed by atoms with van der Waals surface area (Å²) >= 11 is 0. The van der Waals surface area contributed by atoms with E-state index in [0.29, 0.717) is 25.5 Å². The fraction of sp³-hybridized carbons (Fsp3) is 0.944. The first-order valence-corrected chi connectivity index (χ1v) is 9.52. The molecule has 0 bridgehead atoms. The summed E-state index contributed by atoms with van der Waals surface area (Å²) in [6.45, 7) is 6.00. The Balaban J connectivity index is 0.000000470. The van der Waals surface area contributed by atoms with Crippen molar-refractivity contribution in [3.8, 4) is 0 Å². The van der Waals surface area contributed by atoms with E-state index < -0.39 is 0 Å². The van der Waals surface area contributed by atoms with Gasteiger partial charge in [0.1, 0.15) is 0 Å². The molecule has 0 radical (unpaired) electrons. The molecule has 3 N–H and O–H groups in total. The molecule has 0 aromatic rings. The number of rotatable bonds is 13. The standard InChI is InChI=1S/C12H23NO.C6H15NO3/c1-2-3-4-5-6-7-10-13-11-8-9-12(13)14;8-4-1-7(2-5-9)3-6-10/h2-11H2,1H3;8-10H,1-6H2. The van der Waals surface area contributed by atoms with Crippen LogP contribution in [0.5, 0.6) is 0 Å². The molecule has 1 rings (SSSR count). The molecular formula is C18H38N2O4. The largest absolute Gasteiger partial charge is 0.395 e. The summed E-state index contributed by atoms with van der Waals surface area (Å²) in [5.74, 6) is 0.374. The Bertz CT molecular complexity index is 276. The lowest BCUT2D eigenvalue weighted by molar-refractivity contribution is -0.127. The molecule has 0 spiro atoms. The maximum atomic E-state index is 11.3. The normalized spacial score (nSPS) is 14.2. The van der Waals surface area contributed by atoms with Crippen LogP contribution in [-0.4, -0.2) is 83.6 Å². The topological polar surface area (TPSA) is 84.2 Å². The van der Waals surface area contributed by atoms with Gasteiger partial charge in [0.2, 0.25) is 5.91 Å². The van der Waals surface area contributed by atoms with Crippen molar-refractivity contribution in [3.05, 3.63) is 0 Å². The van der Waals surface area contributed by atoms with Gasteiger partial charge in [0, 0.05) is 39.1 Å². The zero-order valence-electron chi connectivity index (χ0n) is 15.5. The van der Waals surface area contributed by atoms with E-state index in [-0.39, 0.29) is 19.8 Å². The zero-order valence-corrected chi connectivity index (χ0v) is 15.5. The number of likely N-dealkylation sites (tertiary alicyclic amines) is 1. The molecule has 6 nitrogen and oxygen atoms in total. The highest BCUT2D eigenvalue weighted by atomic mass is 16.3. The number of carbonyl (C=O) groups is 1. The van der Waals surface area contributed by atoms with E-state index in [0.717, 1.165) is 25.9 Å². The van der Waals surface area contributed by atoms with Crippen molar-refractivity contribution in [2.45, 2.75) is 58.3 Å². The summed E-state index contributed by atoms with van der Waals surface area (Å²) in [5.41, 5.74) is 0. The van der Waals surface area contributed by atoms with Gasteiger partial charge in [-0.2, -0.15) is 0 Å². The smallest absolute Gasteiger partial charge is 0.222 e. The number of carbonyl (C=O) groups excluding carboxylic acids is 1. The first-order chi connectivity index (χ1) is 11.7. The molecule has 1 heterocycles. The van der Waals surface area contributed by atoms with Gasteiger partial charge in [-0.25, -0.2) is 0 Å². The van der Waals surface area contributed by atoms with E-state index in [1.807, 2.05) is 4.90 Å². The maximum Gasteiger partial charge on any atom is 0.222 e. The SMILES string of the molecule is CCCCCCCCN1CCCC1=O.OCCN(CCO)CCO. The zero-order chi connectivity index (χ0) is 18.0. The Morgan fingerprint density at radius 3 is 1.92 bits per heavy atom. The summed E-state index contributed by atoms with van der Waals surface area (Å²) in [4.78, 5) is 15.1. The third-order valence-electron chi connectivity index (χ3n) is 4.20. The number of hydrogen-bond donors (Lipinski definition) is 3. The van der Waals surface area contributed by atoms with Crippen LogP contribution in [-0.2, 0) is 4.79 Å². The van der Waals surface area contributed by atoms with Gasteiger partial charge in [0.25, 0.3) is 0 Å². The lowest BCUT2D eigenvalue weighted by atomic mass is 10.1. The van der Waals surface area contributed by atoms with Crippen LogP contribution < -0.4 is 0 Å². The molecule has 144 valence electrons. The summed E-state index contributed by atoms with van der Waals surface area (Å²) in [6, 6.07) is 0. The van der Waals surface area contributed by atoms with Crippen LogP contribution in [0.15, 0.2) is 0 Å². The van der Waals surface area contributed by atoms with E-state index in [4.69, 9.17) is 15.3 Å². The predicted molar refractivity (Wildman–Crippen MR) is 96.9 cm³/mol. The molecule has 1 fully saturated rings. The van der Waals surface area contributed by atoms with Gasteiger partial charge < -0.3 is 20.2 Å². The second-order valence-corrected chi connectivity index (χ2v) is 6.26. The van der Waals surface area contributed by atoms with Crippen LogP contribution in [0.1, 0.15) is 58.3 Å². The number of aliphatic hydroxyl groups is 3. The summed E-state index contributed by atoms with van der Waals surface area (Å²) in [6.07, 6.45) is 9.75. The number of nitrogens with zero attached hydrogens (tertiary/aromatic N) is 2. The number of hydrogen-bond acceptors (Lipinski definition) is 5. The van der Waals surface area contributed by atoms with Crippen molar-refractivity contribution in [3.63, 3.8) is 0 Å². The van der Waals surface area contributed by atoms with E-state index >= 15 is 0 Å². The molecule has 6 heteroatoms. The monoisotopic (exact) mass is 346 g/mol. The molecule has 0 aromatic heterocycles. The average Bonchev–Trinajstić information content (AvgIpc) is 2.97. The second kappa shape index (κ2) is 17.1. The highest BCUT2D eigenvalue weighted by Crippen LogP contribution is 2.12. The molecular weight excluding hydrogens is 308 g/mol. The van der Waals surface area contributed by atoms with Crippen molar-refractivity contribution < 1.29 is 20.1 Å². The third-order valence-corrected chi connectivity index (χ3v) is 4.20. The fourth-order valence-corrected chi connectivity index (χ4v) is 2.78. The van der Waals surface area contributed by atoms with Gasteiger partial charge in [-0.3, -0.25) is 9.69 Å². The van der Waals surface area contributed by atoms with Crippen molar-refractivity contribution in [2.24, 2.45) is 0 Å². The Labute approximate surface area is 147 Å². The molecule has 0 aromatic carbocycles. The summed E-state index contributed by atoms with van der Waals surface area (Å²) in [5, 5.41) is 25.5. The molecule has 0 atom stereocenters. The minimum absolute atomic E-state index is 0.0694. The Hall–Kier alpha value is -0.690. The van der Waals surface area contributed by atoms with Gasteiger partial charge >= 0.3 is 0 Å². The van der Waals surface area contributed by atoms with Crippen LogP contribution in [0.25, 0.3) is 0 Å². The molecule has 1 aliphatic heterocycles. The summed E-state index contributed by atoms with van der Waals surface area (Å²) in [7, 11) is 0. The molecule has 1 amide bonds. The van der Waals surface area contributed by atoms with E-state index in [9.17, 15) is 4.79 Å². The van der Waals surface area contributed by atoms with Crippen LogP contribution in [0.3, 0.4) is 0 Å². The second-order valence-electron chi connectivity index (χ2n) is 6.26.